The molecule has 1 atom stereocenters. The Morgan fingerprint density at radius 2 is 1.96 bits per heavy atom. The van der Waals surface area contributed by atoms with E-state index >= 15 is 0 Å². The Morgan fingerprint density at radius 3 is 2.70 bits per heavy atom. The van der Waals surface area contributed by atoms with Crippen LogP contribution >= 0.6 is 0 Å². The highest BCUT2D eigenvalue weighted by Crippen LogP contribution is 2.24. The summed E-state index contributed by atoms with van der Waals surface area (Å²) in [5, 5.41) is 4.46. The van der Waals surface area contributed by atoms with E-state index < -0.39 is 0 Å². The van der Waals surface area contributed by atoms with Crippen LogP contribution in [-0.2, 0) is 7.05 Å². The smallest absolute Gasteiger partial charge is 0.250 e. The molecule has 118 valence electrons. The number of ether oxygens (including phenoxy) is 1. The van der Waals surface area contributed by atoms with Gasteiger partial charge in [-0.15, -0.1) is 0 Å². The van der Waals surface area contributed by atoms with Crippen molar-refractivity contribution in [3.63, 3.8) is 0 Å². The van der Waals surface area contributed by atoms with Gasteiger partial charge in [0.25, 0.3) is 0 Å². The van der Waals surface area contributed by atoms with E-state index in [9.17, 15) is 4.79 Å². The Hall–Kier alpha value is -2.82. The van der Waals surface area contributed by atoms with Crippen molar-refractivity contribution in [2.75, 3.05) is 7.11 Å². The van der Waals surface area contributed by atoms with E-state index in [0.29, 0.717) is 0 Å². The zero-order valence-electron chi connectivity index (χ0n) is 13.4. The van der Waals surface area contributed by atoms with Crippen molar-refractivity contribution >= 4 is 0 Å². The summed E-state index contributed by atoms with van der Waals surface area (Å²) < 4.78 is 8.76. The molecular weight excluding hydrogens is 290 g/mol. The highest BCUT2D eigenvalue weighted by Gasteiger charge is 2.11. The van der Waals surface area contributed by atoms with Crippen LogP contribution in [0.3, 0.4) is 0 Å². The number of aryl methyl sites for hydroxylation is 1. The number of hydrogen-bond acceptors (Lipinski definition) is 3. The quantitative estimate of drug-likeness (QED) is 0.744. The average molecular weight is 309 g/mol. The Bertz CT molecular complexity index is 880. The third-order valence-electron chi connectivity index (χ3n) is 3.99. The summed E-state index contributed by atoms with van der Waals surface area (Å²) in [6.07, 6.45) is 5.63. The molecule has 5 nitrogen and oxygen atoms in total. The van der Waals surface area contributed by atoms with Crippen LogP contribution in [0.15, 0.2) is 59.8 Å². The molecule has 2 heterocycles. The van der Waals surface area contributed by atoms with Crippen LogP contribution in [0.1, 0.15) is 18.5 Å². The summed E-state index contributed by atoms with van der Waals surface area (Å²) in [7, 11) is 3.41. The first-order valence-electron chi connectivity index (χ1n) is 7.43. The topological polar surface area (TPSA) is 49.0 Å². The van der Waals surface area contributed by atoms with Crippen molar-refractivity contribution in [3.05, 3.63) is 70.9 Å². The maximum Gasteiger partial charge on any atom is 0.250 e. The Balaban J connectivity index is 1.91. The summed E-state index contributed by atoms with van der Waals surface area (Å²) >= 11 is 0. The molecule has 0 bridgehead atoms. The number of methoxy groups -OCH3 is 1. The predicted octanol–water partition coefficient (Wildman–Crippen LogP) is 2.87. The molecule has 2 aromatic heterocycles. The average Bonchev–Trinajstić information content (AvgIpc) is 3.06. The molecule has 0 spiro atoms. The number of nitrogens with zero attached hydrogens (tertiary/aromatic N) is 3. The third-order valence-corrected chi connectivity index (χ3v) is 3.99. The van der Waals surface area contributed by atoms with Crippen LogP contribution in [0.5, 0.6) is 5.75 Å². The van der Waals surface area contributed by atoms with Gasteiger partial charge in [0, 0.05) is 36.6 Å². The van der Waals surface area contributed by atoms with Gasteiger partial charge in [-0.05, 0) is 30.7 Å². The summed E-state index contributed by atoms with van der Waals surface area (Å²) in [5.41, 5.74) is 3.05. The number of rotatable bonds is 4. The first kappa shape index (κ1) is 15.1. The molecule has 0 amide bonds. The van der Waals surface area contributed by atoms with Crippen LogP contribution in [0, 0.1) is 0 Å². The van der Waals surface area contributed by atoms with Gasteiger partial charge >= 0.3 is 0 Å². The van der Waals surface area contributed by atoms with Crippen LogP contribution in [0.4, 0.5) is 0 Å². The summed E-state index contributed by atoms with van der Waals surface area (Å²) in [6.45, 7) is 2.09. The second-order valence-corrected chi connectivity index (χ2v) is 5.53. The molecular formula is C18H19N3O2. The van der Waals surface area contributed by atoms with Gasteiger partial charge in [-0.25, -0.2) is 0 Å². The van der Waals surface area contributed by atoms with Gasteiger partial charge in [-0.1, -0.05) is 12.1 Å². The summed E-state index contributed by atoms with van der Waals surface area (Å²) in [4.78, 5) is 11.5. The largest absolute Gasteiger partial charge is 0.497 e. The highest BCUT2D eigenvalue weighted by atomic mass is 16.5. The van der Waals surface area contributed by atoms with E-state index in [-0.39, 0.29) is 11.6 Å². The van der Waals surface area contributed by atoms with Crippen molar-refractivity contribution in [3.8, 4) is 16.9 Å². The van der Waals surface area contributed by atoms with Gasteiger partial charge in [0.15, 0.2) is 0 Å². The molecule has 0 aliphatic heterocycles. The van der Waals surface area contributed by atoms with E-state index in [1.54, 1.807) is 24.8 Å². The first-order chi connectivity index (χ1) is 11.1. The normalized spacial score (nSPS) is 12.1. The predicted molar refractivity (Wildman–Crippen MR) is 89.7 cm³/mol. The van der Waals surface area contributed by atoms with Crippen molar-refractivity contribution < 1.29 is 4.74 Å². The van der Waals surface area contributed by atoms with Crippen LogP contribution in [-0.4, -0.2) is 21.5 Å². The van der Waals surface area contributed by atoms with E-state index in [0.717, 1.165) is 22.4 Å². The Labute approximate surface area is 134 Å². The summed E-state index contributed by atoms with van der Waals surface area (Å²) in [6, 6.07) is 11.4. The van der Waals surface area contributed by atoms with E-state index in [2.05, 4.69) is 18.1 Å². The van der Waals surface area contributed by atoms with Gasteiger partial charge < -0.3 is 9.30 Å². The monoisotopic (exact) mass is 309 g/mol. The molecule has 3 rings (SSSR count). The second-order valence-electron chi connectivity index (χ2n) is 5.53. The van der Waals surface area contributed by atoms with Crippen LogP contribution < -0.4 is 10.3 Å². The van der Waals surface area contributed by atoms with Crippen LogP contribution in [0.2, 0.25) is 0 Å². The lowest BCUT2D eigenvalue weighted by Gasteiger charge is -2.13. The molecule has 0 fully saturated rings. The molecule has 1 unspecified atom stereocenters. The fourth-order valence-corrected chi connectivity index (χ4v) is 2.52. The minimum atomic E-state index is -0.0223. The molecule has 0 saturated heterocycles. The second kappa shape index (κ2) is 6.12. The van der Waals surface area contributed by atoms with Gasteiger partial charge in [0.05, 0.1) is 19.3 Å². The standard InChI is InChI=1S/C18H19N3O2/c1-13(14-5-4-6-17(9-14)23-3)21-12-16(10-19-21)15-7-8-18(22)20(2)11-15/h4-13H,1-3H3. The Kier molecular flexibility index (Phi) is 4.02. The van der Waals surface area contributed by atoms with E-state index in [1.165, 1.54) is 0 Å². The molecule has 5 heteroatoms. The number of hydrogen-bond donors (Lipinski definition) is 0. The van der Waals surface area contributed by atoms with Crippen molar-refractivity contribution in [1.29, 1.82) is 0 Å². The van der Waals surface area contributed by atoms with E-state index in [4.69, 9.17) is 4.74 Å². The minimum Gasteiger partial charge on any atom is -0.497 e. The molecule has 0 aliphatic carbocycles. The molecule has 0 N–H and O–H groups in total. The van der Waals surface area contributed by atoms with Crippen LogP contribution in [0.25, 0.3) is 11.1 Å². The number of benzene rings is 1. The number of aromatic nitrogens is 3. The van der Waals surface area contributed by atoms with Gasteiger partial charge in [-0.3, -0.25) is 9.48 Å². The molecule has 1 aromatic carbocycles. The molecule has 0 aliphatic rings. The van der Waals surface area contributed by atoms with Crippen molar-refractivity contribution in [1.82, 2.24) is 14.3 Å². The van der Waals surface area contributed by atoms with Crippen molar-refractivity contribution in [2.24, 2.45) is 7.05 Å². The lowest BCUT2D eigenvalue weighted by Crippen LogP contribution is -2.13. The summed E-state index contributed by atoms with van der Waals surface area (Å²) in [5.74, 6) is 0.833. The zero-order valence-corrected chi connectivity index (χ0v) is 13.4. The SMILES string of the molecule is COc1cccc(C(C)n2cc(-c3ccc(=O)n(C)c3)cn2)c1. The lowest BCUT2D eigenvalue weighted by atomic mass is 10.1. The van der Waals surface area contributed by atoms with Gasteiger partial charge in [-0.2, -0.15) is 5.10 Å². The third kappa shape index (κ3) is 3.04. The zero-order chi connectivity index (χ0) is 16.4. The highest BCUT2D eigenvalue weighted by molar-refractivity contribution is 5.60. The fourth-order valence-electron chi connectivity index (χ4n) is 2.52. The first-order valence-corrected chi connectivity index (χ1v) is 7.43. The number of pyridine rings is 1. The molecule has 23 heavy (non-hydrogen) atoms. The molecule has 0 radical (unpaired) electrons. The maximum atomic E-state index is 11.5. The maximum absolute atomic E-state index is 11.5. The fraction of sp³-hybridized carbons (Fsp3) is 0.222. The van der Waals surface area contributed by atoms with Gasteiger partial charge in [0.1, 0.15) is 5.75 Å². The van der Waals surface area contributed by atoms with Crippen molar-refractivity contribution in [2.45, 2.75) is 13.0 Å². The molecule has 3 aromatic rings. The Morgan fingerprint density at radius 1 is 1.13 bits per heavy atom. The van der Waals surface area contributed by atoms with E-state index in [1.807, 2.05) is 47.5 Å². The van der Waals surface area contributed by atoms with Gasteiger partial charge in [0.2, 0.25) is 5.56 Å². The minimum absolute atomic E-state index is 0.0223. The molecule has 0 saturated carbocycles. The lowest BCUT2D eigenvalue weighted by molar-refractivity contribution is 0.413.